The molecule has 0 radical (unpaired) electrons. The molecule has 0 bridgehead atoms. The Kier molecular flexibility index (Phi) is 4.28. The fraction of sp³-hybridized carbons (Fsp3) is 0.333. The Hall–Kier alpha value is -1.90. The van der Waals surface area contributed by atoms with Crippen LogP contribution in [-0.4, -0.2) is 22.2 Å². The summed E-state index contributed by atoms with van der Waals surface area (Å²) >= 11 is 5.69. The summed E-state index contributed by atoms with van der Waals surface area (Å²) in [7, 11) is 0. The molecular weight excluding hydrogens is 335 g/mol. The smallest absolute Gasteiger partial charge is 0.420 e. The van der Waals surface area contributed by atoms with Crippen LogP contribution < -0.4 is 0 Å². The van der Waals surface area contributed by atoms with Crippen molar-refractivity contribution in [2.75, 3.05) is 6.61 Å². The van der Waals surface area contributed by atoms with Crippen LogP contribution >= 0.6 is 11.6 Å². The third kappa shape index (κ3) is 2.72. The third-order valence-electron chi connectivity index (χ3n) is 2.75. The van der Waals surface area contributed by atoms with Gasteiger partial charge in [0, 0.05) is 5.56 Å². The van der Waals surface area contributed by atoms with Crippen molar-refractivity contribution in [1.82, 2.24) is 9.61 Å². The van der Waals surface area contributed by atoms with E-state index < -0.39 is 40.9 Å². The molecule has 0 atom stereocenters. The Bertz CT molecular complexity index is 726. The van der Waals surface area contributed by atoms with Crippen LogP contribution in [0, 0.1) is 0 Å². The minimum atomic E-state index is -5.09. The van der Waals surface area contributed by atoms with Crippen molar-refractivity contribution in [2.24, 2.45) is 0 Å². The van der Waals surface area contributed by atoms with Gasteiger partial charge in [-0.05, 0) is 19.1 Å². The summed E-state index contributed by atoms with van der Waals surface area (Å²) in [5, 5.41) is 3.05. The van der Waals surface area contributed by atoms with E-state index in [0.717, 1.165) is 12.1 Å². The number of hydrogen-bond acceptors (Lipinski definition) is 3. The molecule has 0 saturated heterocycles. The number of rotatable bonds is 3. The Morgan fingerprint density at radius 1 is 1.41 bits per heavy atom. The van der Waals surface area contributed by atoms with Crippen molar-refractivity contribution >= 4 is 23.1 Å². The summed E-state index contributed by atoms with van der Waals surface area (Å²) < 4.78 is 70.6. The zero-order chi connectivity index (χ0) is 16.7. The summed E-state index contributed by atoms with van der Waals surface area (Å²) in [6, 6.07) is 1.73. The van der Waals surface area contributed by atoms with E-state index in [2.05, 4.69) is 9.84 Å². The molecule has 22 heavy (non-hydrogen) atoms. The van der Waals surface area contributed by atoms with E-state index in [4.69, 9.17) is 11.6 Å². The molecule has 0 aliphatic heterocycles. The molecular formula is C12H8ClF5N2O2. The van der Waals surface area contributed by atoms with Crippen LogP contribution in [0.25, 0.3) is 5.52 Å². The quantitative estimate of drug-likeness (QED) is 0.479. The van der Waals surface area contributed by atoms with Gasteiger partial charge in [-0.3, -0.25) is 0 Å². The number of halogens is 6. The average molecular weight is 343 g/mol. The van der Waals surface area contributed by atoms with Crippen LogP contribution in [0.5, 0.6) is 0 Å². The lowest BCUT2D eigenvalue weighted by Crippen LogP contribution is -2.14. The van der Waals surface area contributed by atoms with Gasteiger partial charge in [-0.25, -0.2) is 18.1 Å². The van der Waals surface area contributed by atoms with Crippen molar-refractivity contribution in [3.8, 4) is 0 Å². The topological polar surface area (TPSA) is 43.6 Å². The molecule has 0 fully saturated rings. The number of alkyl halides is 5. The second-order valence-electron chi connectivity index (χ2n) is 4.11. The van der Waals surface area contributed by atoms with Gasteiger partial charge < -0.3 is 4.74 Å². The minimum Gasteiger partial charge on any atom is -0.461 e. The molecule has 120 valence electrons. The fourth-order valence-electron chi connectivity index (χ4n) is 1.93. The van der Waals surface area contributed by atoms with E-state index >= 15 is 0 Å². The zero-order valence-corrected chi connectivity index (χ0v) is 11.7. The highest BCUT2D eigenvalue weighted by Gasteiger charge is 2.42. The summed E-state index contributed by atoms with van der Waals surface area (Å²) in [4.78, 5) is 11.6. The Labute approximate surface area is 125 Å². The third-order valence-corrected chi connectivity index (χ3v) is 3.04. The number of hydrogen-bond donors (Lipinski definition) is 0. The number of carbonyl (C=O) groups is 1. The molecule has 10 heteroatoms. The van der Waals surface area contributed by atoms with E-state index in [1.807, 2.05) is 0 Å². The molecule has 0 aliphatic rings. The van der Waals surface area contributed by atoms with Gasteiger partial charge in [0.2, 0.25) is 0 Å². The highest BCUT2D eigenvalue weighted by Crippen LogP contribution is 2.40. The molecule has 2 aromatic heterocycles. The molecule has 0 aromatic carbocycles. The molecule has 2 aromatic rings. The lowest BCUT2D eigenvalue weighted by Gasteiger charge is -2.10. The number of esters is 1. The monoisotopic (exact) mass is 342 g/mol. The highest BCUT2D eigenvalue weighted by atomic mass is 35.5. The van der Waals surface area contributed by atoms with E-state index in [-0.39, 0.29) is 11.8 Å². The van der Waals surface area contributed by atoms with Crippen LogP contribution in [0.4, 0.5) is 22.0 Å². The van der Waals surface area contributed by atoms with Crippen LogP contribution in [0.15, 0.2) is 12.1 Å². The maximum absolute atomic E-state index is 13.2. The maximum atomic E-state index is 13.2. The summed E-state index contributed by atoms with van der Waals surface area (Å²) in [5.41, 5.74) is -4.59. The Morgan fingerprint density at radius 2 is 2.05 bits per heavy atom. The molecule has 2 heterocycles. The van der Waals surface area contributed by atoms with Gasteiger partial charge in [0.1, 0.15) is 10.7 Å². The summed E-state index contributed by atoms with van der Waals surface area (Å²) in [6.07, 6.45) is -8.29. The second kappa shape index (κ2) is 5.71. The largest absolute Gasteiger partial charge is 0.461 e. The lowest BCUT2D eigenvalue weighted by atomic mass is 10.1. The Balaban J connectivity index is 2.90. The first kappa shape index (κ1) is 16.5. The highest BCUT2D eigenvalue weighted by molar-refractivity contribution is 6.29. The number of nitrogens with zero attached hydrogens (tertiary/aromatic N) is 2. The van der Waals surface area contributed by atoms with Gasteiger partial charge >= 0.3 is 12.1 Å². The zero-order valence-electron chi connectivity index (χ0n) is 10.9. The van der Waals surface area contributed by atoms with Crippen LogP contribution in [0.2, 0.25) is 5.15 Å². The normalized spacial score (nSPS) is 12.2. The van der Waals surface area contributed by atoms with E-state index in [1.165, 1.54) is 6.92 Å². The maximum Gasteiger partial charge on any atom is 0.420 e. The van der Waals surface area contributed by atoms with Crippen LogP contribution in [0.1, 0.15) is 35.0 Å². The summed E-state index contributed by atoms with van der Waals surface area (Å²) in [5.74, 6) is -1.37. The predicted octanol–water partition coefficient (Wildman–Crippen LogP) is 4.12. The fourth-order valence-corrected chi connectivity index (χ4v) is 2.12. The predicted molar refractivity (Wildman–Crippen MR) is 66.1 cm³/mol. The molecule has 2 rings (SSSR count). The second-order valence-corrected chi connectivity index (χ2v) is 4.50. The SMILES string of the molecule is CCOC(=O)c1nn2c(Cl)ccc(C(F)F)c2c1C(F)(F)F. The summed E-state index contributed by atoms with van der Waals surface area (Å²) in [6.45, 7) is 1.19. The van der Waals surface area contributed by atoms with Crippen LogP contribution in [-0.2, 0) is 10.9 Å². The first-order valence-electron chi connectivity index (χ1n) is 5.92. The standard InChI is InChI=1S/C12H8ClF5N2O2/c1-2-22-11(21)8-7(12(16,17)18)9-5(10(14)15)3-4-6(13)20(9)19-8/h3-4,10H,2H2,1H3. The van der Waals surface area contributed by atoms with Gasteiger partial charge in [-0.1, -0.05) is 11.6 Å². The van der Waals surface area contributed by atoms with Crippen LogP contribution in [0.3, 0.4) is 0 Å². The van der Waals surface area contributed by atoms with Crippen molar-refractivity contribution in [3.05, 3.63) is 34.1 Å². The van der Waals surface area contributed by atoms with E-state index in [0.29, 0.717) is 4.52 Å². The van der Waals surface area contributed by atoms with E-state index in [9.17, 15) is 26.7 Å². The number of aromatic nitrogens is 2. The Morgan fingerprint density at radius 3 is 2.55 bits per heavy atom. The molecule has 0 unspecified atom stereocenters. The van der Waals surface area contributed by atoms with Gasteiger partial charge in [0.25, 0.3) is 6.43 Å². The molecule has 0 N–H and O–H groups in total. The van der Waals surface area contributed by atoms with Crippen molar-refractivity contribution in [1.29, 1.82) is 0 Å². The molecule has 0 amide bonds. The minimum absolute atomic E-state index is 0.195. The number of fused-ring (bicyclic) bond motifs is 1. The van der Waals surface area contributed by atoms with Crippen molar-refractivity contribution in [2.45, 2.75) is 19.5 Å². The molecule has 0 spiro atoms. The first-order valence-corrected chi connectivity index (χ1v) is 6.29. The van der Waals surface area contributed by atoms with Gasteiger partial charge in [-0.15, -0.1) is 0 Å². The first-order chi connectivity index (χ1) is 10.2. The van der Waals surface area contributed by atoms with Crippen molar-refractivity contribution in [3.63, 3.8) is 0 Å². The molecule has 4 nitrogen and oxygen atoms in total. The average Bonchev–Trinajstić information content (AvgIpc) is 2.80. The number of carbonyl (C=O) groups excluding carboxylic acids is 1. The lowest BCUT2D eigenvalue weighted by molar-refractivity contribution is -0.137. The van der Waals surface area contributed by atoms with Gasteiger partial charge in [0.15, 0.2) is 5.69 Å². The van der Waals surface area contributed by atoms with Gasteiger partial charge in [0.05, 0.1) is 12.1 Å². The van der Waals surface area contributed by atoms with Gasteiger partial charge in [-0.2, -0.15) is 18.3 Å². The molecule has 0 saturated carbocycles. The number of ether oxygens (including phenoxy) is 1. The number of pyridine rings is 1. The molecule has 0 aliphatic carbocycles. The van der Waals surface area contributed by atoms with Crippen molar-refractivity contribution < 1.29 is 31.5 Å². The van der Waals surface area contributed by atoms with E-state index in [1.54, 1.807) is 0 Å².